The van der Waals surface area contributed by atoms with Crippen molar-refractivity contribution in [2.75, 3.05) is 18.5 Å². The van der Waals surface area contributed by atoms with Crippen LogP contribution in [0.25, 0.3) is 33.1 Å². The predicted molar refractivity (Wildman–Crippen MR) is 107 cm³/mol. The Hall–Kier alpha value is -3.45. The van der Waals surface area contributed by atoms with Gasteiger partial charge in [0, 0.05) is 23.1 Å². The van der Waals surface area contributed by atoms with E-state index in [4.69, 9.17) is 4.74 Å². The third-order valence-electron chi connectivity index (χ3n) is 4.49. The summed E-state index contributed by atoms with van der Waals surface area (Å²) < 4.78 is 18.9. The minimum absolute atomic E-state index is 0.121. The van der Waals surface area contributed by atoms with Crippen molar-refractivity contribution in [2.24, 2.45) is 0 Å². The molecule has 0 unspecified atom stereocenters. The van der Waals surface area contributed by atoms with Gasteiger partial charge in [0.25, 0.3) is 11.5 Å². The number of carbonyl (C=O) groups excluding carboxylic acids is 1. The molecule has 0 saturated carbocycles. The van der Waals surface area contributed by atoms with E-state index in [0.29, 0.717) is 34.1 Å². The van der Waals surface area contributed by atoms with Crippen LogP contribution >= 0.6 is 0 Å². The van der Waals surface area contributed by atoms with Crippen LogP contribution in [0.2, 0.25) is 0 Å². The van der Waals surface area contributed by atoms with Crippen LogP contribution in [0.1, 0.15) is 6.92 Å². The maximum absolute atomic E-state index is 13.8. The summed E-state index contributed by atoms with van der Waals surface area (Å²) in [6.45, 7) is 2.02. The molecule has 0 aliphatic carbocycles. The minimum atomic E-state index is -0.471. The molecular weight excluding hydrogens is 361 g/mol. The van der Waals surface area contributed by atoms with Crippen LogP contribution in [0.4, 0.5) is 10.1 Å². The summed E-state index contributed by atoms with van der Waals surface area (Å²) in [5.74, 6) is -0.823. The smallest absolute Gasteiger partial charge is 0.272 e. The molecule has 6 nitrogen and oxygen atoms in total. The van der Waals surface area contributed by atoms with E-state index in [2.05, 4.69) is 15.3 Å². The number of ether oxygens (including phenoxy) is 1. The van der Waals surface area contributed by atoms with Crippen molar-refractivity contribution in [2.45, 2.75) is 6.92 Å². The Labute approximate surface area is 159 Å². The molecule has 2 aromatic heterocycles. The van der Waals surface area contributed by atoms with E-state index in [1.165, 1.54) is 12.1 Å². The minimum Gasteiger partial charge on any atom is -0.372 e. The molecule has 4 rings (SSSR count). The van der Waals surface area contributed by atoms with Gasteiger partial charge in [-0.2, -0.15) is 0 Å². The molecule has 2 heterocycles. The summed E-state index contributed by atoms with van der Waals surface area (Å²) in [5.41, 5.74) is 2.72. The van der Waals surface area contributed by atoms with Gasteiger partial charge in [0.15, 0.2) is 0 Å². The van der Waals surface area contributed by atoms with Gasteiger partial charge in [-0.1, -0.05) is 30.3 Å². The number of pyridine rings is 1. The van der Waals surface area contributed by atoms with Crippen molar-refractivity contribution in [3.8, 4) is 11.1 Å². The van der Waals surface area contributed by atoms with Gasteiger partial charge in [0.05, 0.1) is 11.0 Å². The number of carbonyl (C=O) groups is 1. The van der Waals surface area contributed by atoms with Crippen LogP contribution in [-0.2, 0) is 9.53 Å². The second-order valence-corrected chi connectivity index (χ2v) is 6.32. The molecule has 0 aliphatic rings. The van der Waals surface area contributed by atoms with Gasteiger partial charge < -0.3 is 20.0 Å². The number of amides is 1. The first kappa shape index (κ1) is 17.9. The number of hydrogen-bond donors (Lipinski definition) is 3. The molecule has 0 bridgehead atoms. The highest BCUT2D eigenvalue weighted by Crippen LogP contribution is 2.35. The molecule has 4 aromatic rings. The summed E-state index contributed by atoms with van der Waals surface area (Å²) >= 11 is 0. The van der Waals surface area contributed by atoms with E-state index in [9.17, 15) is 14.0 Å². The van der Waals surface area contributed by atoms with Crippen molar-refractivity contribution in [3.63, 3.8) is 0 Å². The lowest BCUT2D eigenvalue weighted by Crippen LogP contribution is -2.24. The summed E-state index contributed by atoms with van der Waals surface area (Å²) in [5, 5.41) is 3.22. The molecule has 28 heavy (non-hydrogen) atoms. The number of halogens is 1. The van der Waals surface area contributed by atoms with Gasteiger partial charge in [0.1, 0.15) is 18.1 Å². The summed E-state index contributed by atoms with van der Waals surface area (Å²) in [7, 11) is 0. The maximum Gasteiger partial charge on any atom is 0.272 e. The molecule has 3 N–H and O–H groups in total. The predicted octanol–water partition coefficient (Wildman–Crippen LogP) is 3.79. The number of hydrogen-bond acceptors (Lipinski definition) is 3. The first-order chi connectivity index (χ1) is 13.6. The first-order valence-corrected chi connectivity index (χ1v) is 8.88. The van der Waals surface area contributed by atoms with Crippen molar-refractivity contribution in [1.29, 1.82) is 0 Å². The zero-order valence-electron chi connectivity index (χ0n) is 15.1. The van der Waals surface area contributed by atoms with E-state index in [0.717, 1.165) is 5.56 Å². The van der Waals surface area contributed by atoms with Gasteiger partial charge in [-0.15, -0.1) is 0 Å². The maximum atomic E-state index is 13.8. The third kappa shape index (κ3) is 3.16. The molecule has 0 aliphatic heterocycles. The van der Waals surface area contributed by atoms with Gasteiger partial charge >= 0.3 is 0 Å². The van der Waals surface area contributed by atoms with Crippen LogP contribution < -0.4 is 10.9 Å². The Morgan fingerprint density at radius 3 is 2.64 bits per heavy atom. The second-order valence-electron chi connectivity index (χ2n) is 6.32. The van der Waals surface area contributed by atoms with E-state index >= 15 is 0 Å². The fourth-order valence-electron chi connectivity index (χ4n) is 3.28. The molecular formula is C21H18FN3O3. The quantitative estimate of drug-likeness (QED) is 0.493. The normalized spacial score (nSPS) is 11.2. The van der Waals surface area contributed by atoms with E-state index in [1.54, 1.807) is 13.0 Å². The number of nitrogens with one attached hydrogen (secondary N) is 3. The highest BCUT2D eigenvalue weighted by molar-refractivity contribution is 6.13. The zero-order chi connectivity index (χ0) is 19.7. The fraction of sp³-hybridized carbons (Fsp3) is 0.143. The molecule has 1 amide bonds. The zero-order valence-corrected chi connectivity index (χ0v) is 15.1. The summed E-state index contributed by atoms with van der Waals surface area (Å²) in [4.78, 5) is 31.1. The summed E-state index contributed by atoms with van der Waals surface area (Å²) in [6, 6.07) is 13.6. The van der Waals surface area contributed by atoms with Crippen LogP contribution in [0.5, 0.6) is 0 Å². The van der Waals surface area contributed by atoms with Crippen LogP contribution in [0, 0.1) is 5.82 Å². The standard InChI is InChI=1S/C21H18FN3O3/c1-2-28-11-16(26)24-20-17(12-6-4-3-5-7-12)19-18(25-21(20)27)14-10-13(22)8-9-15(14)23-19/h3-10,23H,2,11H2,1H3,(H,24,26)(H,25,27). The molecule has 0 saturated heterocycles. The van der Waals surface area contributed by atoms with Crippen molar-refractivity contribution in [3.05, 3.63) is 64.7 Å². The van der Waals surface area contributed by atoms with Crippen LogP contribution in [-0.4, -0.2) is 29.1 Å². The van der Waals surface area contributed by atoms with Crippen molar-refractivity contribution >= 4 is 33.5 Å². The third-order valence-corrected chi connectivity index (χ3v) is 4.49. The summed E-state index contributed by atoms with van der Waals surface area (Å²) in [6.07, 6.45) is 0. The number of rotatable bonds is 5. The average molecular weight is 379 g/mol. The lowest BCUT2D eigenvalue weighted by molar-refractivity contribution is -0.120. The Bertz CT molecular complexity index is 1230. The van der Waals surface area contributed by atoms with Crippen molar-refractivity contribution < 1.29 is 13.9 Å². The topological polar surface area (TPSA) is 87.0 Å². The van der Waals surface area contributed by atoms with Gasteiger partial charge in [-0.3, -0.25) is 9.59 Å². The number of H-pyrrole nitrogens is 2. The molecule has 0 fully saturated rings. The number of fused-ring (bicyclic) bond motifs is 3. The SMILES string of the molecule is CCOCC(=O)Nc1c(-c2ccccc2)c2[nH]c3ccc(F)cc3c2[nH]c1=O. The number of anilines is 1. The van der Waals surface area contributed by atoms with Crippen LogP contribution in [0.15, 0.2) is 53.3 Å². The molecule has 0 radical (unpaired) electrons. The number of aromatic nitrogens is 2. The first-order valence-electron chi connectivity index (χ1n) is 8.88. The Kier molecular flexibility index (Phi) is 4.67. The van der Waals surface area contributed by atoms with Crippen molar-refractivity contribution in [1.82, 2.24) is 9.97 Å². The van der Waals surface area contributed by atoms with Gasteiger partial charge in [-0.05, 0) is 30.7 Å². The highest BCUT2D eigenvalue weighted by Gasteiger charge is 2.20. The van der Waals surface area contributed by atoms with E-state index in [1.807, 2.05) is 30.3 Å². The van der Waals surface area contributed by atoms with E-state index < -0.39 is 17.3 Å². The molecule has 0 atom stereocenters. The Balaban J connectivity index is 2.00. The fourth-order valence-corrected chi connectivity index (χ4v) is 3.28. The lowest BCUT2D eigenvalue weighted by Gasteiger charge is -2.12. The highest BCUT2D eigenvalue weighted by atomic mass is 19.1. The Morgan fingerprint density at radius 1 is 1.11 bits per heavy atom. The Morgan fingerprint density at radius 2 is 1.89 bits per heavy atom. The number of aromatic amines is 2. The van der Waals surface area contributed by atoms with Crippen LogP contribution in [0.3, 0.4) is 0 Å². The lowest BCUT2D eigenvalue weighted by atomic mass is 10.0. The largest absolute Gasteiger partial charge is 0.372 e. The van der Waals surface area contributed by atoms with E-state index in [-0.39, 0.29) is 12.3 Å². The molecule has 0 spiro atoms. The second kappa shape index (κ2) is 7.28. The van der Waals surface area contributed by atoms with Gasteiger partial charge in [0.2, 0.25) is 0 Å². The monoisotopic (exact) mass is 379 g/mol. The molecule has 7 heteroatoms. The number of benzene rings is 2. The van der Waals surface area contributed by atoms with Gasteiger partial charge in [-0.25, -0.2) is 4.39 Å². The molecule has 142 valence electrons. The average Bonchev–Trinajstić information content (AvgIpc) is 3.04. The molecule has 2 aromatic carbocycles.